The number of carbonyl (C=O) groups excluding carboxylic acids is 1. The minimum absolute atomic E-state index is 0.0291. The Morgan fingerprint density at radius 1 is 1.13 bits per heavy atom. The molecule has 0 spiro atoms. The van der Waals surface area contributed by atoms with E-state index in [1.54, 1.807) is 18.2 Å². The first kappa shape index (κ1) is 25.2. The van der Waals surface area contributed by atoms with E-state index in [0.717, 1.165) is 24.9 Å². The molecule has 4 aromatic rings. The molecular weight excluding hydrogens is 495 g/mol. The monoisotopic (exact) mass is 526 g/mol. The van der Waals surface area contributed by atoms with Gasteiger partial charge in [0.25, 0.3) is 0 Å². The van der Waals surface area contributed by atoms with E-state index in [9.17, 15) is 9.18 Å². The molecule has 0 amide bonds. The number of hydrogen-bond acceptors (Lipinski definition) is 7. The van der Waals surface area contributed by atoms with Gasteiger partial charge in [-0.1, -0.05) is 12.1 Å². The van der Waals surface area contributed by atoms with Crippen molar-refractivity contribution in [1.29, 1.82) is 0 Å². The molecule has 2 saturated carbocycles. The molecule has 200 valence electrons. The SMILES string of the molecule is CN(CC=CC(=O)C1CC[C@@H](n2nc(-c3ccc(Oc4cccc(F)c4)cc3)c3c(N)ncnc32)C1)C1CC1. The van der Waals surface area contributed by atoms with Gasteiger partial charge in [-0.3, -0.25) is 9.69 Å². The Balaban J connectivity index is 1.21. The predicted octanol–water partition coefficient (Wildman–Crippen LogP) is 5.57. The van der Waals surface area contributed by atoms with Crippen LogP contribution in [-0.4, -0.2) is 50.1 Å². The van der Waals surface area contributed by atoms with Crippen molar-refractivity contribution in [2.45, 2.75) is 44.2 Å². The number of ketones is 1. The van der Waals surface area contributed by atoms with Crippen LogP contribution in [0.5, 0.6) is 11.5 Å². The minimum atomic E-state index is -0.357. The third-order valence-electron chi connectivity index (χ3n) is 7.68. The lowest BCUT2D eigenvalue weighted by Gasteiger charge is -2.13. The molecule has 0 radical (unpaired) electrons. The lowest BCUT2D eigenvalue weighted by Crippen LogP contribution is -2.20. The van der Waals surface area contributed by atoms with Crippen molar-refractivity contribution in [3.63, 3.8) is 0 Å². The van der Waals surface area contributed by atoms with Gasteiger partial charge < -0.3 is 10.5 Å². The maximum atomic E-state index is 13.5. The van der Waals surface area contributed by atoms with Crippen LogP contribution in [0.1, 0.15) is 38.1 Å². The van der Waals surface area contributed by atoms with Crippen LogP contribution in [0.15, 0.2) is 67.0 Å². The normalized spacial score (nSPS) is 19.4. The highest BCUT2D eigenvalue weighted by Crippen LogP contribution is 2.40. The van der Waals surface area contributed by atoms with Gasteiger partial charge in [0.2, 0.25) is 0 Å². The van der Waals surface area contributed by atoms with Gasteiger partial charge in [-0.25, -0.2) is 19.0 Å². The summed E-state index contributed by atoms with van der Waals surface area (Å²) in [5.74, 6) is 1.15. The van der Waals surface area contributed by atoms with E-state index in [-0.39, 0.29) is 23.6 Å². The Kier molecular flexibility index (Phi) is 6.83. The van der Waals surface area contributed by atoms with Crippen molar-refractivity contribution in [3.8, 4) is 22.8 Å². The maximum Gasteiger partial charge on any atom is 0.164 e. The number of fused-ring (bicyclic) bond motifs is 1. The number of carbonyl (C=O) groups is 1. The number of rotatable bonds is 9. The van der Waals surface area contributed by atoms with Gasteiger partial charge in [-0.2, -0.15) is 5.10 Å². The van der Waals surface area contributed by atoms with Gasteiger partial charge in [0.15, 0.2) is 11.4 Å². The van der Waals surface area contributed by atoms with E-state index in [1.807, 2.05) is 35.0 Å². The number of anilines is 1. The first-order valence-corrected chi connectivity index (χ1v) is 13.4. The molecule has 0 bridgehead atoms. The van der Waals surface area contributed by atoms with Gasteiger partial charge in [0, 0.05) is 30.1 Å². The van der Waals surface area contributed by atoms with E-state index in [4.69, 9.17) is 15.6 Å². The molecule has 2 N–H and O–H groups in total. The van der Waals surface area contributed by atoms with Crippen molar-refractivity contribution in [3.05, 3.63) is 72.8 Å². The average Bonchev–Trinajstić information content (AvgIpc) is 3.54. The fraction of sp³-hybridized carbons (Fsp3) is 0.333. The van der Waals surface area contributed by atoms with Crippen LogP contribution in [0.25, 0.3) is 22.3 Å². The Morgan fingerprint density at radius 3 is 2.72 bits per heavy atom. The number of allylic oxidation sites excluding steroid dienone is 1. The van der Waals surface area contributed by atoms with E-state index in [2.05, 4.69) is 21.9 Å². The molecule has 8 nitrogen and oxygen atoms in total. The Labute approximate surface area is 226 Å². The van der Waals surface area contributed by atoms with Crippen LogP contribution in [0.2, 0.25) is 0 Å². The molecule has 2 aliphatic rings. The molecule has 6 rings (SSSR count). The molecule has 2 atom stereocenters. The summed E-state index contributed by atoms with van der Waals surface area (Å²) < 4.78 is 21.2. The number of nitrogens with two attached hydrogens (primary N) is 1. The molecule has 39 heavy (non-hydrogen) atoms. The summed E-state index contributed by atoms with van der Waals surface area (Å²) in [6, 6.07) is 14.1. The van der Waals surface area contributed by atoms with Gasteiger partial charge in [0.05, 0.1) is 11.4 Å². The third-order valence-corrected chi connectivity index (χ3v) is 7.68. The number of likely N-dealkylation sites (N-methyl/N-ethyl adjacent to an activating group) is 1. The summed E-state index contributed by atoms with van der Waals surface area (Å²) in [6.45, 7) is 0.808. The molecule has 0 saturated heterocycles. The summed E-state index contributed by atoms with van der Waals surface area (Å²) in [5.41, 5.74) is 8.48. The third kappa shape index (κ3) is 5.40. The maximum absolute atomic E-state index is 13.5. The number of benzene rings is 2. The van der Waals surface area contributed by atoms with Gasteiger partial charge in [-0.05, 0) is 81.6 Å². The number of aromatic nitrogens is 4. The largest absolute Gasteiger partial charge is 0.457 e. The molecule has 9 heteroatoms. The fourth-order valence-corrected chi connectivity index (χ4v) is 5.37. The predicted molar refractivity (Wildman–Crippen MR) is 148 cm³/mol. The Bertz CT molecular complexity index is 1530. The van der Waals surface area contributed by atoms with Crippen molar-refractivity contribution >= 4 is 22.6 Å². The van der Waals surface area contributed by atoms with Crippen LogP contribution in [0.4, 0.5) is 10.2 Å². The highest BCUT2D eigenvalue weighted by Gasteiger charge is 2.32. The number of ether oxygens (including phenoxy) is 1. The lowest BCUT2D eigenvalue weighted by atomic mass is 10.0. The highest BCUT2D eigenvalue weighted by molar-refractivity contribution is 5.98. The molecule has 1 unspecified atom stereocenters. The van der Waals surface area contributed by atoms with Crippen molar-refractivity contribution < 1.29 is 13.9 Å². The molecule has 2 aromatic heterocycles. The molecule has 2 aromatic carbocycles. The van der Waals surface area contributed by atoms with E-state index in [0.29, 0.717) is 46.5 Å². The van der Waals surface area contributed by atoms with Crippen LogP contribution < -0.4 is 10.5 Å². The minimum Gasteiger partial charge on any atom is -0.457 e. The molecule has 0 aliphatic heterocycles. The molecule has 2 aliphatic carbocycles. The molecule has 2 fully saturated rings. The lowest BCUT2D eigenvalue weighted by molar-refractivity contribution is -0.118. The van der Waals surface area contributed by atoms with Crippen molar-refractivity contribution in [1.82, 2.24) is 24.6 Å². The zero-order valence-corrected chi connectivity index (χ0v) is 21.8. The van der Waals surface area contributed by atoms with E-state index < -0.39 is 0 Å². The summed E-state index contributed by atoms with van der Waals surface area (Å²) in [6.07, 6.45) is 10.1. The van der Waals surface area contributed by atoms with Gasteiger partial charge in [0.1, 0.15) is 35.2 Å². The van der Waals surface area contributed by atoms with Gasteiger partial charge >= 0.3 is 0 Å². The van der Waals surface area contributed by atoms with Crippen LogP contribution in [0.3, 0.4) is 0 Å². The van der Waals surface area contributed by atoms with Crippen molar-refractivity contribution in [2.75, 3.05) is 19.3 Å². The summed E-state index contributed by atoms with van der Waals surface area (Å²) in [5, 5.41) is 5.63. The van der Waals surface area contributed by atoms with Crippen LogP contribution in [0, 0.1) is 11.7 Å². The second-order valence-electron chi connectivity index (χ2n) is 10.5. The summed E-state index contributed by atoms with van der Waals surface area (Å²) in [7, 11) is 2.11. The quantitative estimate of drug-likeness (QED) is 0.285. The van der Waals surface area contributed by atoms with Crippen molar-refractivity contribution in [2.24, 2.45) is 5.92 Å². The van der Waals surface area contributed by atoms with Crippen LogP contribution >= 0.6 is 0 Å². The smallest absolute Gasteiger partial charge is 0.164 e. The van der Waals surface area contributed by atoms with Crippen LogP contribution in [-0.2, 0) is 4.79 Å². The van der Waals surface area contributed by atoms with E-state index >= 15 is 0 Å². The Hall–Kier alpha value is -4.11. The second-order valence-corrected chi connectivity index (χ2v) is 10.5. The average molecular weight is 527 g/mol. The first-order chi connectivity index (χ1) is 19.0. The zero-order valence-electron chi connectivity index (χ0n) is 21.8. The molecular formula is C30H31FN6O2. The number of nitrogens with zero attached hydrogens (tertiary/aromatic N) is 5. The summed E-state index contributed by atoms with van der Waals surface area (Å²) >= 11 is 0. The number of halogens is 1. The standard InChI is InChI=1S/C30H31FN6O2/c1-36(22-11-12-22)15-3-6-26(38)20-7-10-23(16-20)37-30-27(29(32)33-18-34-30)28(35-37)19-8-13-24(14-9-19)39-25-5-2-4-21(31)17-25/h2-6,8-9,13-14,17-18,20,22-23H,7,10-12,15-16H2,1H3,(H2,32,33,34)/t20?,23-/m1/s1. The zero-order chi connectivity index (χ0) is 26.9. The fourth-order valence-electron chi connectivity index (χ4n) is 5.37. The summed E-state index contributed by atoms with van der Waals surface area (Å²) in [4.78, 5) is 23.9. The number of nitrogen functional groups attached to an aromatic ring is 1. The highest BCUT2D eigenvalue weighted by atomic mass is 19.1. The van der Waals surface area contributed by atoms with E-state index in [1.165, 1.54) is 31.3 Å². The molecule has 2 heterocycles. The Morgan fingerprint density at radius 2 is 1.95 bits per heavy atom. The first-order valence-electron chi connectivity index (χ1n) is 13.4. The van der Waals surface area contributed by atoms with Gasteiger partial charge in [-0.15, -0.1) is 0 Å². The second kappa shape index (κ2) is 10.6. The topological polar surface area (TPSA) is 99.2 Å². The number of hydrogen-bond donors (Lipinski definition) is 1.